The number of carbonyl (C=O) groups excluding carboxylic acids is 1. The minimum absolute atomic E-state index is 0.0975. The average Bonchev–Trinajstić information content (AvgIpc) is 2.26. The van der Waals surface area contributed by atoms with Gasteiger partial charge in [-0.05, 0) is 12.0 Å². The smallest absolute Gasteiger partial charge is 0.228 e. The molecule has 0 aliphatic carbocycles. The van der Waals surface area contributed by atoms with Crippen LogP contribution < -0.4 is 0 Å². The average molecular weight is 139 g/mol. The summed E-state index contributed by atoms with van der Waals surface area (Å²) in [5.74, 6) is 0.188. The Labute approximate surface area is 58.9 Å². The van der Waals surface area contributed by atoms with Gasteiger partial charge < -0.3 is 10.0 Å². The Morgan fingerprint density at radius 3 is 3.00 bits per heavy atom. The van der Waals surface area contributed by atoms with Crippen LogP contribution in [0.15, 0.2) is 11.8 Å². The zero-order chi connectivity index (χ0) is 7.14. The van der Waals surface area contributed by atoms with E-state index in [0.717, 1.165) is 12.0 Å². The monoisotopic (exact) mass is 139 g/mol. The number of fused-ring (bicyclic) bond motifs is 1. The summed E-state index contributed by atoms with van der Waals surface area (Å²) in [6.45, 7) is 0.0975. The molecule has 54 valence electrons. The third kappa shape index (κ3) is 0.609. The van der Waals surface area contributed by atoms with Crippen molar-refractivity contribution in [2.24, 2.45) is 0 Å². The molecule has 0 radical (unpaired) electrons. The first-order chi connectivity index (χ1) is 4.81. The fraction of sp³-hybridized carbons (Fsp3) is 0.571. The van der Waals surface area contributed by atoms with Gasteiger partial charge in [-0.2, -0.15) is 0 Å². The van der Waals surface area contributed by atoms with Gasteiger partial charge in [0.15, 0.2) is 0 Å². The van der Waals surface area contributed by atoms with E-state index >= 15 is 0 Å². The van der Waals surface area contributed by atoms with Crippen LogP contribution >= 0.6 is 0 Å². The lowest BCUT2D eigenvalue weighted by Gasteiger charge is -2.32. The maximum absolute atomic E-state index is 10.8. The Morgan fingerprint density at radius 1 is 1.70 bits per heavy atom. The maximum Gasteiger partial charge on any atom is 0.228 e. The number of carbonyl (C=O) groups is 1. The van der Waals surface area contributed by atoms with Crippen molar-refractivity contribution in [2.75, 3.05) is 6.61 Å². The molecule has 0 unspecified atom stereocenters. The quantitative estimate of drug-likeness (QED) is 0.514. The summed E-state index contributed by atoms with van der Waals surface area (Å²) in [6.07, 6.45) is 3.32. The number of hydrogen-bond donors (Lipinski definition) is 1. The van der Waals surface area contributed by atoms with Crippen molar-refractivity contribution in [3.05, 3.63) is 11.8 Å². The van der Waals surface area contributed by atoms with Gasteiger partial charge in [0.25, 0.3) is 0 Å². The van der Waals surface area contributed by atoms with Crippen LogP contribution in [0.25, 0.3) is 0 Å². The van der Waals surface area contributed by atoms with E-state index in [4.69, 9.17) is 5.11 Å². The van der Waals surface area contributed by atoms with Crippen molar-refractivity contribution in [1.82, 2.24) is 4.90 Å². The minimum atomic E-state index is 0.0975. The van der Waals surface area contributed by atoms with Gasteiger partial charge in [-0.15, -0.1) is 0 Å². The molecule has 1 atom stereocenters. The van der Waals surface area contributed by atoms with E-state index in [0.29, 0.717) is 12.5 Å². The Hall–Kier alpha value is -0.830. The Kier molecular flexibility index (Phi) is 1.08. The van der Waals surface area contributed by atoms with Gasteiger partial charge >= 0.3 is 0 Å². The number of β-lactam (4-membered cyclic amide) rings is 1. The molecule has 3 nitrogen and oxygen atoms in total. The lowest BCUT2D eigenvalue weighted by atomic mass is 10.0. The van der Waals surface area contributed by atoms with E-state index < -0.39 is 0 Å². The predicted octanol–water partition coefficient (Wildman–Crippen LogP) is -0.133. The molecule has 0 aromatic rings. The number of hydrogen-bond acceptors (Lipinski definition) is 2. The summed E-state index contributed by atoms with van der Waals surface area (Å²) in [6, 6.07) is 0.384. The third-order valence-electron chi connectivity index (χ3n) is 2.11. The molecule has 2 aliphatic rings. The second kappa shape index (κ2) is 1.83. The van der Waals surface area contributed by atoms with Crippen LogP contribution in [0.3, 0.4) is 0 Å². The summed E-state index contributed by atoms with van der Waals surface area (Å²) in [5.41, 5.74) is 0.982. The Morgan fingerprint density at radius 2 is 2.50 bits per heavy atom. The second-order valence-electron chi connectivity index (χ2n) is 2.81. The van der Waals surface area contributed by atoms with E-state index in [-0.39, 0.29) is 12.5 Å². The van der Waals surface area contributed by atoms with Gasteiger partial charge in [0.1, 0.15) is 0 Å². The van der Waals surface area contributed by atoms with Gasteiger partial charge in [-0.25, -0.2) is 0 Å². The normalized spacial score (nSPS) is 29.7. The molecule has 0 saturated carbocycles. The fourth-order valence-electron chi connectivity index (χ4n) is 1.50. The van der Waals surface area contributed by atoms with Crippen LogP contribution in [0, 0.1) is 0 Å². The molecular weight excluding hydrogens is 130 g/mol. The highest BCUT2D eigenvalue weighted by atomic mass is 16.3. The van der Waals surface area contributed by atoms with Crippen LogP contribution in [-0.2, 0) is 4.79 Å². The molecule has 1 N–H and O–H groups in total. The highest BCUT2D eigenvalue weighted by Gasteiger charge is 2.38. The molecule has 0 aromatic carbocycles. The second-order valence-corrected chi connectivity index (χ2v) is 2.81. The van der Waals surface area contributed by atoms with Crippen molar-refractivity contribution < 1.29 is 9.90 Å². The molecule has 2 aliphatic heterocycles. The lowest BCUT2D eigenvalue weighted by molar-refractivity contribution is -0.140. The van der Waals surface area contributed by atoms with Gasteiger partial charge in [0.05, 0.1) is 6.61 Å². The maximum atomic E-state index is 10.8. The van der Waals surface area contributed by atoms with E-state index in [2.05, 4.69) is 0 Å². The molecule has 3 heteroatoms. The number of rotatable bonds is 1. The minimum Gasteiger partial charge on any atom is -0.392 e. The molecular formula is C7H9NO2. The van der Waals surface area contributed by atoms with Gasteiger partial charge in [0.2, 0.25) is 5.91 Å². The van der Waals surface area contributed by atoms with Gasteiger partial charge in [-0.1, -0.05) is 0 Å². The molecule has 1 amide bonds. The third-order valence-corrected chi connectivity index (χ3v) is 2.11. The Bertz CT molecular complexity index is 210. The Balaban J connectivity index is 2.12. The van der Waals surface area contributed by atoms with Crippen LogP contribution in [0.2, 0.25) is 0 Å². The van der Waals surface area contributed by atoms with Crippen LogP contribution in [0.4, 0.5) is 0 Å². The molecule has 1 saturated heterocycles. The fourth-order valence-corrected chi connectivity index (χ4v) is 1.50. The van der Waals surface area contributed by atoms with Crippen molar-refractivity contribution in [1.29, 1.82) is 0 Å². The molecule has 10 heavy (non-hydrogen) atoms. The van der Waals surface area contributed by atoms with E-state index in [1.54, 1.807) is 11.1 Å². The number of aliphatic hydroxyl groups excluding tert-OH is 1. The van der Waals surface area contributed by atoms with E-state index in [1.165, 1.54) is 0 Å². The zero-order valence-corrected chi connectivity index (χ0v) is 5.58. The van der Waals surface area contributed by atoms with Gasteiger partial charge in [-0.3, -0.25) is 4.79 Å². The summed E-state index contributed by atoms with van der Waals surface area (Å²) in [4.78, 5) is 12.5. The standard InChI is InChI=1S/C7H9NO2/c9-4-5-1-6-2-7(10)8(6)3-5/h3,6,9H,1-2,4H2/t6-/m1/s1. The molecule has 2 heterocycles. The van der Waals surface area contributed by atoms with Crippen LogP contribution in [0.5, 0.6) is 0 Å². The predicted molar refractivity (Wildman–Crippen MR) is 35.0 cm³/mol. The van der Waals surface area contributed by atoms with E-state index in [1.807, 2.05) is 0 Å². The summed E-state index contributed by atoms with van der Waals surface area (Å²) in [7, 11) is 0. The highest BCUT2D eigenvalue weighted by molar-refractivity contribution is 5.85. The highest BCUT2D eigenvalue weighted by Crippen LogP contribution is 2.31. The van der Waals surface area contributed by atoms with Crippen molar-refractivity contribution in [3.63, 3.8) is 0 Å². The van der Waals surface area contributed by atoms with Gasteiger partial charge in [0, 0.05) is 18.7 Å². The number of nitrogens with zero attached hydrogens (tertiary/aromatic N) is 1. The SMILES string of the molecule is O=C1C[C@H]2CC(CO)=CN12. The first-order valence-electron chi connectivity index (χ1n) is 3.43. The summed E-state index contributed by atoms with van der Waals surface area (Å²) in [5, 5.41) is 8.71. The largest absolute Gasteiger partial charge is 0.392 e. The van der Waals surface area contributed by atoms with Crippen molar-refractivity contribution in [3.8, 4) is 0 Å². The topological polar surface area (TPSA) is 40.5 Å². The lowest BCUT2D eigenvalue weighted by Crippen LogP contribution is -2.45. The van der Waals surface area contributed by atoms with E-state index in [9.17, 15) is 4.79 Å². The number of amides is 1. The molecule has 2 rings (SSSR count). The number of aliphatic hydroxyl groups is 1. The summed E-state index contributed by atoms with van der Waals surface area (Å²) < 4.78 is 0. The first-order valence-corrected chi connectivity index (χ1v) is 3.43. The van der Waals surface area contributed by atoms with Crippen LogP contribution in [0.1, 0.15) is 12.8 Å². The van der Waals surface area contributed by atoms with Crippen molar-refractivity contribution >= 4 is 5.91 Å². The molecule has 0 bridgehead atoms. The zero-order valence-electron chi connectivity index (χ0n) is 5.58. The first kappa shape index (κ1) is 5.92. The molecule has 0 spiro atoms. The van der Waals surface area contributed by atoms with Crippen molar-refractivity contribution in [2.45, 2.75) is 18.9 Å². The molecule has 0 aromatic heterocycles. The molecule has 1 fully saturated rings. The van der Waals surface area contributed by atoms with Crippen LogP contribution in [-0.4, -0.2) is 28.6 Å². The summed E-state index contributed by atoms with van der Waals surface area (Å²) >= 11 is 0.